The molecule has 1 aromatic carbocycles. The fraction of sp³-hybridized carbons (Fsp3) is 0.588. The van der Waals surface area contributed by atoms with E-state index >= 15 is 0 Å². The van der Waals surface area contributed by atoms with Gasteiger partial charge in [0.05, 0.1) is 0 Å². The molecule has 0 unspecified atom stereocenters. The molecule has 1 aromatic rings. The number of benzene rings is 1. The van der Waals surface area contributed by atoms with Crippen molar-refractivity contribution in [2.75, 3.05) is 0 Å². The summed E-state index contributed by atoms with van der Waals surface area (Å²) in [5.41, 5.74) is 1.41. The van der Waals surface area contributed by atoms with Crippen LogP contribution in [-0.4, -0.2) is 11.2 Å². The highest BCUT2D eigenvalue weighted by molar-refractivity contribution is 5.68. The Labute approximate surface area is 122 Å². The van der Waals surface area contributed by atoms with E-state index in [0.29, 0.717) is 12.3 Å². The van der Waals surface area contributed by atoms with E-state index in [9.17, 15) is 4.79 Å². The van der Waals surface area contributed by atoms with Gasteiger partial charge < -0.3 is 4.89 Å². The molecule has 0 spiro atoms. The van der Waals surface area contributed by atoms with E-state index in [4.69, 9.17) is 5.26 Å². The Morgan fingerprint density at radius 2 is 1.70 bits per heavy atom. The average molecular weight is 280 g/mol. The Hall–Kier alpha value is -1.35. The molecule has 0 saturated carbocycles. The lowest BCUT2D eigenvalue weighted by atomic mass is 10.0. The van der Waals surface area contributed by atoms with Gasteiger partial charge in [-0.25, -0.2) is 4.79 Å². The first-order valence-electron chi connectivity index (χ1n) is 7.51. The summed E-state index contributed by atoms with van der Waals surface area (Å²) in [5.74, 6) is 0.132. The molecule has 0 amide bonds. The molecule has 0 aliphatic carbocycles. The molecule has 0 heterocycles. The summed E-state index contributed by atoms with van der Waals surface area (Å²) in [6, 6.07) is 10.5. The summed E-state index contributed by atoms with van der Waals surface area (Å²) in [4.78, 5) is 13.9. The monoisotopic (exact) mass is 280 g/mol. The highest BCUT2D eigenvalue weighted by Gasteiger charge is 1.99. The van der Waals surface area contributed by atoms with E-state index in [2.05, 4.69) is 49.9 Å². The summed E-state index contributed by atoms with van der Waals surface area (Å²) in [5, 5.41) is 7.89. The van der Waals surface area contributed by atoms with Crippen LogP contribution in [0, 0.1) is 0 Å². The summed E-state index contributed by atoms with van der Waals surface area (Å²) >= 11 is 0. The second-order valence-electron chi connectivity index (χ2n) is 5.19. The maximum Gasteiger partial charge on any atom is 0.342 e. The van der Waals surface area contributed by atoms with Crippen LogP contribution in [0.25, 0.3) is 0 Å². The van der Waals surface area contributed by atoms with Gasteiger partial charge in [-0.15, -0.1) is 0 Å². The molecule has 3 heteroatoms. The fourth-order valence-electron chi connectivity index (χ4n) is 1.76. The van der Waals surface area contributed by atoms with Crippen molar-refractivity contribution in [1.82, 2.24) is 0 Å². The van der Waals surface area contributed by atoms with Crippen LogP contribution in [0.1, 0.15) is 70.8 Å². The lowest BCUT2D eigenvalue weighted by molar-refractivity contribution is -0.234. The van der Waals surface area contributed by atoms with Gasteiger partial charge in [0, 0.05) is 6.42 Å². The lowest BCUT2D eigenvalue weighted by Gasteiger charge is -2.01. The van der Waals surface area contributed by atoms with E-state index in [1.165, 1.54) is 18.4 Å². The number of carbonyl (C=O) groups is 1. The first-order valence-corrected chi connectivity index (χ1v) is 7.51. The van der Waals surface area contributed by atoms with E-state index < -0.39 is 5.97 Å². The number of unbranched alkanes of at least 4 members (excludes halogenated alkanes) is 4. The van der Waals surface area contributed by atoms with Crippen LogP contribution >= 0.6 is 0 Å². The smallest absolute Gasteiger partial charge is 0.301 e. The maximum atomic E-state index is 10.4. The van der Waals surface area contributed by atoms with Crippen LogP contribution in [0.4, 0.5) is 0 Å². The van der Waals surface area contributed by atoms with Crippen LogP contribution < -0.4 is 0 Å². The Morgan fingerprint density at radius 1 is 1.10 bits per heavy atom. The molecule has 1 N–H and O–H groups in total. The minimum Gasteiger partial charge on any atom is -0.301 e. The minimum absolute atomic E-state index is 0.334. The molecule has 0 aliphatic rings. The average Bonchev–Trinajstić information content (AvgIpc) is 2.48. The normalized spacial score (nSPS) is 9.85. The van der Waals surface area contributed by atoms with Gasteiger partial charge in [-0.1, -0.05) is 76.8 Å². The van der Waals surface area contributed by atoms with E-state index in [1.54, 1.807) is 0 Å². The zero-order valence-electron chi connectivity index (χ0n) is 13.0. The standard InChI is InChI=1S/C9H12.C8H16O3/c1-8(2)9-6-4-3-5-7-9;1-2-3-4-5-6-7-8(9)11-10/h3-8H,1-2H3;10H,2-7H2,1H3. The number of carbonyl (C=O) groups excluding carboxylic acids is 1. The summed E-state index contributed by atoms with van der Waals surface area (Å²) in [6.07, 6.45) is 5.77. The van der Waals surface area contributed by atoms with Crippen LogP contribution in [0.15, 0.2) is 30.3 Å². The predicted octanol–water partition coefficient (Wildman–Crippen LogP) is 5.17. The second kappa shape index (κ2) is 12.7. The molecule has 0 aromatic heterocycles. The largest absolute Gasteiger partial charge is 0.342 e. The molecular weight excluding hydrogens is 252 g/mol. The van der Waals surface area contributed by atoms with E-state index in [0.717, 1.165) is 19.3 Å². The number of rotatable bonds is 7. The molecule has 20 heavy (non-hydrogen) atoms. The SMILES string of the molecule is CC(C)c1ccccc1.CCCCCCCC(=O)OO. The van der Waals surface area contributed by atoms with Gasteiger partial charge in [-0.3, -0.25) is 0 Å². The van der Waals surface area contributed by atoms with Crippen LogP contribution in [0.5, 0.6) is 0 Å². The maximum absolute atomic E-state index is 10.4. The zero-order chi connectivity index (χ0) is 15.2. The topological polar surface area (TPSA) is 46.5 Å². The minimum atomic E-state index is -0.526. The molecule has 0 fully saturated rings. The summed E-state index contributed by atoms with van der Waals surface area (Å²) in [7, 11) is 0. The Kier molecular flexibility index (Phi) is 11.8. The Bertz CT molecular complexity index is 333. The van der Waals surface area contributed by atoms with Crippen molar-refractivity contribution in [3.8, 4) is 0 Å². The van der Waals surface area contributed by atoms with Gasteiger partial charge >= 0.3 is 5.97 Å². The van der Waals surface area contributed by atoms with Crippen molar-refractivity contribution < 1.29 is 14.9 Å². The second-order valence-corrected chi connectivity index (χ2v) is 5.19. The molecule has 0 saturated heterocycles. The molecule has 0 radical (unpaired) electrons. The van der Waals surface area contributed by atoms with Gasteiger partial charge in [0.2, 0.25) is 0 Å². The fourth-order valence-corrected chi connectivity index (χ4v) is 1.76. The first-order chi connectivity index (χ1) is 9.61. The van der Waals surface area contributed by atoms with Crippen molar-refractivity contribution in [3.05, 3.63) is 35.9 Å². The lowest BCUT2D eigenvalue weighted by Crippen LogP contribution is -1.99. The van der Waals surface area contributed by atoms with Gasteiger partial charge in [0.15, 0.2) is 0 Å². The molecule has 3 nitrogen and oxygen atoms in total. The van der Waals surface area contributed by atoms with Crippen molar-refractivity contribution in [2.24, 2.45) is 0 Å². The van der Waals surface area contributed by atoms with Gasteiger partial charge in [0.25, 0.3) is 0 Å². The summed E-state index contributed by atoms with van der Waals surface area (Å²) < 4.78 is 0. The highest BCUT2D eigenvalue weighted by atomic mass is 17.1. The van der Waals surface area contributed by atoms with Crippen molar-refractivity contribution in [2.45, 2.75) is 65.2 Å². The molecular formula is C17H28O3. The van der Waals surface area contributed by atoms with Crippen LogP contribution in [0.2, 0.25) is 0 Å². The Balaban J connectivity index is 0.000000367. The third-order valence-corrected chi connectivity index (χ3v) is 3.05. The third-order valence-electron chi connectivity index (χ3n) is 3.05. The van der Waals surface area contributed by atoms with Gasteiger partial charge in [-0.05, 0) is 17.9 Å². The van der Waals surface area contributed by atoms with E-state index in [1.807, 2.05) is 6.07 Å². The number of hydrogen-bond acceptors (Lipinski definition) is 3. The van der Waals surface area contributed by atoms with Crippen molar-refractivity contribution in [1.29, 1.82) is 0 Å². The van der Waals surface area contributed by atoms with Crippen LogP contribution in [-0.2, 0) is 9.68 Å². The molecule has 114 valence electrons. The molecule has 0 atom stereocenters. The van der Waals surface area contributed by atoms with Gasteiger partial charge in [0.1, 0.15) is 0 Å². The summed E-state index contributed by atoms with van der Waals surface area (Å²) in [6.45, 7) is 6.55. The predicted molar refractivity (Wildman–Crippen MR) is 82.6 cm³/mol. The zero-order valence-corrected chi connectivity index (χ0v) is 13.0. The quantitative estimate of drug-likeness (QED) is 0.425. The molecule has 1 rings (SSSR count). The first kappa shape index (κ1) is 18.7. The van der Waals surface area contributed by atoms with Crippen molar-refractivity contribution >= 4 is 5.97 Å². The van der Waals surface area contributed by atoms with Crippen molar-refractivity contribution in [3.63, 3.8) is 0 Å². The highest BCUT2D eigenvalue weighted by Crippen LogP contribution is 2.11. The number of hydrogen-bond donors (Lipinski definition) is 1. The van der Waals surface area contributed by atoms with Gasteiger partial charge in [-0.2, -0.15) is 5.26 Å². The third kappa shape index (κ3) is 10.6. The van der Waals surface area contributed by atoms with E-state index in [-0.39, 0.29) is 0 Å². The Morgan fingerprint density at radius 3 is 2.15 bits per heavy atom. The van der Waals surface area contributed by atoms with Crippen LogP contribution in [0.3, 0.4) is 0 Å². The molecule has 0 bridgehead atoms. The molecule has 0 aliphatic heterocycles.